The maximum absolute atomic E-state index is 12.0. The molecule has 0 radical (unpaired) electrons. The van der Waals surface area contributed by atoms with Crippen LogP contribution < -0.4 is 0 Å². The van der Waals surface area contributed by atoms with Crippen LogP contribution in [0, 0.1) is 6.92 Å². The highest BCUT2D eigenvalue weighted by atomic mass is 32.2. The molecule has 0 aliphatic heterocycles. The van der Waals surface area contributed by atoms with E-state index < -0.39 is 9.84 Å². The fraction of sp³-hybridized carbons (Fsp3) is 0.125. The first kappa shape index (κ1) is 13.6. The summed E-state index contributed by atoms with van der Waals surface area (Å²) >= 11 is 0. The van der Waals surface area contributed by atoms with Gasteiger partial charge in [0, 0.05) is 5.41 Å². The topological polar surface area (TPSA) is 34.1 Å². The third kappa shape index (κ3) is 4.38. The van der Waals surface area contributed by atoms with E-state index in [0.29, 0.717) is 0 Å². The van der Waals surface area contributed by atoms with Gasteiger partial charge in [0.2, 0.25) is 0 Å². The molecule has 2 aromatic carbocycles. The van der Waals surface area contributed by atoms with Gasteiger partial charge in [-0.3, -0.25) is 0 Å². The quantitative estimate of drug-likeness (QED) is 0.852. The minimum absolute atomic E-state index is 0.0379. The average molecular weight is 272 g/mol. The molecule has 0 atom stereocenters. The van der Waals surface area contributed by atoms with Crippen molar-refractivity contribution in [3.05, 3.63) is 76.7 Å². The molecule has 2 rings (SSSR count). The van der Waals surface area contributed by atoms with E-state index >= 15 is 0 Å². The molecule has 0 aliphatic carbocycles. The molecule has 2 nitrogen and oxygen atoms in total. The number of sulfone groups is 1. The summed E-state index contributed by atoms with van der Waals surface area (Å²) in [7, 11) is -3.22. The van der Waals surface area contributed by atoms with Crippen LogP contribution in [0.5, 0.6) is 0 Å². The minimum Gasteiger partial charge on any atom is -0.224 e. The van der Waals surface area contributed by atoms with Crippen molar-refractivity contribution in [2.24, 2.45) is 0 Å². The lowest BCUT2D eigenvalue weighted by molar-refractivity contribution is 0.604. The highest BCUT2D eigenvalue weighted by Crippen LogP contribution is 2.10. The van der Waals surface area contributed by atoms with Gasteiger partial charge >= 0.3 is 0 Å². The number of hydrogen-bond acceptors (Lipinski definition) is 2. The minimum atomic E-state index is -3.22. The zero-order valence-electron chi connectivity index (χ0n) is 10.8. The van der Waals surface area contributed by atoms with Crippen molar-refractivity contribution in [3.63, 3.8) is 0 Å². The van der Waals surface area contributed by atoms with Crippen molar-refractivity contribution in [2.45, 2.75) is 12.7 Å². The van der Waals surface area contributed by atoms with Crippen LogP contribution in [0.4, 0.5) is 0 Å². The van der Waals surface area contributed by atoms with E-state index in [-0.39, 0.29) is 5.75 Å². The van der Waals surface area contributed by atoms with Gasteiger partial charge in [0.1, 0.15) is 0 Å². The summed E-state index contributed by atoms with van der Waals surface area (Å²) in [6.45, 7) is 2.00. The molecule has 0 heterocycles. The molecule has 0 unspecified atom stereocenters. The molecule has 19 heavy (non-hydrogen) atoms. The molecule has 0 saturated heterocycles. The zero-order valence-corrected chi connectivity index (χ0v) is 11.6. The highest BCUT2D eigenvalue weighted by Gasteiger charge is 2.06. The van der Waals surface area contributed by atoms with Gasteiger partial charge in [-0.25, -0.2) is 8.42 Å². The molecule has 98 valence electrons. The summed E-state index contributed by atoms with van der Waals surface area (Å²) in [6, 6.07) is 16.9. The van der Waals surface area contributed by atoms with Gasteiger partial charge in [-0.2, -0.15) is 0 Å². The highest BCUT2D eigenvalue weighted by molar-refractivity contribution is 7.93. The number of rotatable bonds is 4. The molecule has 0 spiro atoms. The van der Waals surface area contributed by atoms with E-state index in [1.807, 2.05) is 61.5 Å². The van der Waals surface area contributed by atoms with Gasteiger partial charge in [-0.05, 0) is 24.1 Å². The summed E-state index contributed by atoms with van der Waals surface area (Å²) in [6.07, 6.45) is 1.64. The van der Waals surface area contributed by atoms with Crippen molar-refractivity contribution in [1.82, 2.24) is 0 Å². The normalized spacial score (nSPS) is 11.8. The Kier molecular flexibility index (Phi) is 4.17. The predicted octanol–water partition coefficient (Wildman–Crippen LogP) is 3.58. The second-order valence-corrected chi connectivity index (χ2v) is 6.39. The Morgan fingerprint density at radius 3 is 2.21 bits per heavy atom. The fourth-order valence-corrected chi connectivity index (χ4v) is 2.83. The van der Waals surface area contributed by atoms with E-state index in [1.165, 1.54) is 5.41 Å². The Morgan fingerprint density at radius 1 is 0.947 bits per heavy atom. The second kappa shape index (κ2) is 5.85. The van der Waals surface area contributed by atoms with Gasteiger partial charge < -0.3 is 0 Å². The van der Waals surface area contributed by atoms with E-state index in [2.05, 4.69) is 0 Å². The van der Waals surface area contributed by atoms with E-state index in [9.17, 15) is 8.42 Å². The van der Waals surface area contributed by atoms with E-state index in [1.54, 1.807) is 6.08 Å². The third-order valence-electron chi connectivity index (χ3n) is 2.76. The SMILES string of the molecule is Cc1ccc(/C=C/S(=O)(=O)Cc2ccccc2)cc1. The van der Waals surface area contributed by atoms with Crippen LogP contribution in [-0.4, -0.2) is 8.42 Å². The van der Waals surface area contributed by atoms with Gasteiger partial charge in [0.25, 0.3) is 0 Å². The smallest absolute Gasteiger partial charge is 0.175 e. The van der Waals surface area contributed by atoms with Crippen molar-refractivity contribution in [3.8, 4) is 0 Å². The van der Waals surface area contributed by atoms with Crippen molar-refractivity contribution in [1.29, 1.82) is 0 Å². The van der Waals surface area contributed by atoms with Gasteiger partial charge in [-0.1, -0.05) is 60.2 Å². The Bertz CT molecular complexity index is 654. The third-order valence-corrected chi connectivity index (χ3v) is 4.04. The second-order valence-electron chi connectivity index (χ2n) is 4.51. The molecule has 0 aliphatic rings. The Labute approximate surface area is 114 Å². The lowest BCUT2D eigenvalue weighted by Gasteiger charge is -1.99. The predicted molar refractivity (Wildman–Crippen MR) is 79.3 cm³/mol. The van der Waals surface area contributed by atoms with Crippen LogP contribution in [0.3, 0.4) is 0 Å². The van der Waals surface area contributed by atoms with Gasteiger partial charge in [0.15, 0.2) is 9.84 Å². The molecule has 2 aromatic rings. The molecule has 0 amide bonds. The van der Waals surface area contributed by atoms with Crippen LogP contribution in [-0.2, 0) is 15.6 Å². The van der Waals surface area contributed by atoms with E-state index in [0.717, 1.165) is 16.7 Å². The molecule has 3 heteroatoms. The lowest BCUT2D eigenvalue weighted by atomic mass is 10.2. The maximum atomic E-state index is 12.0. The molecule has 0 saturated carbocycles. The molecular weight excluding hydrogens is 256 g/mol. The van der Waals surface area contributed by atoms with Crippen LogP contribution in [0.15, 0.2) is 60.0 Å². The lowest BCUT2D eigenvalue weighted by Crippen LogP contribution is -1.99. The van der Waals surface area contributed by atoms with Gasteiger partial charge in [-0.15, -0.1) is 0 Å². The number of benzene rings is 2. The number of hydrogen-bond donors (Lipinski definition) is 0. The Hall–Kier alpha value is -1.87. The molecule has 0 aromatic heterocycles. The Balaban J connectivity index is 2.11. The summed E-state index contributed by atoms with van der Waals surface area (Å²) in [5.74, 6) is 0.0379. The first-order chi connectivity index (χ1) is 9.05. The summed E-state index contributed by atoms with van der Waals surface area (Å²) < 4.78 is 23.9. The first-order valence-electron chi connectivity index (χ1n) is 6.07. The van der Waals surface area contributed by atoms with Crippen molar-refractivity contribution < 1.29 is 8.42 Å². The Morgan fingerprint density at radius 2 is 1.58 bits per heavy atom. The van der Waals surface area contributed by atoms with E-state index in [4.69, 9.17) is 0 Å². The standard InChI is InChI=1S/C16H16O2S/c1-14-7-9-15(10-8-14)11-12-19(17,18)13-16-5-3-2-4-6-16/h2-12H,13H2,1H3/b12-11+. The zero-order chi connectivity index (χ0) is 13.7. The summed E-state index contributed by atoms with van der Waals surface area (Å²) in [5.41, 5.74) is 2.85. The first-order valence-corrected chi connectivity index (χ1v) is 7.78. The van der Waals surface area contributed by atoms with Gasteiger partial charge in [0.05, 0.1) is 5.75 Å². The number of aryl methyl sites for hydroxylation is 1. The monoisotopic (exact) mass is 272 g/mol. The molecule has 0 fully saturated rings. The van der Waals surface area contributed by atoms with Crippen LogP contribution in [0.25, 0.3) is 6.08 Å². The fourth-order valence-electron chi connectivity index (χ4n) is 1.71. The summed E-state index contributed by atoms with van der Waals surface area (Å²) in [4.78, 5) is 0. The maximum Gasteiger partial charge on any atom is 0.175 e. The average Bonchev–Trinajstić information content (AvgIpc) is 2.39. The van der Waals surface area contributed by atoms with Crippen LogP contribution in [0.2, 0.25) is 0 Å². The van der Waals surface area contributed by atoms with Crippen molar-refractivity contribution >= 4 is 15.9 Å². The van der Waals surface area contributed by atoms with Crippen LogP contribution >= 0.6 is 0 Å². The van der Waals surface area contributed by atoms with Crippen LogP contribution in [0.1, 0.15) is 16.7 Å². The molecule has 0 N–H and O–H groups in total. The largest absolute Gasteiger partial charge is 0.224 e. The molecular formula is C16H16O2S. The van der Waals surface area contributed by atoms with Crippen molar-refractivity contribution in [2.75, 3.05) is 0 Å². The summed E-state index contributed by atoms with van der Waals surface area (Å²) in [5, 5.41) is 1.28. The molecule has 0 bridgehead atoms.